The van der Waals surface area contributed by atoms with E-state index in [9.17, 15) is 4.79 Å². The van der Waals surface area contributed by atoms with E-state index in [1.165, 1.54) is 0 Å². The van der Waals surface area contributed by atoms with Gasteiger partial charge in [0, 0.05) is 19.0 Å². The summed E-state index contributed by atoms with van der Waals surface area (Å²) in [7, 11) is 3.94. The molecular weight excluding hydrogens is 302 g/mol. The van der Waals surface area contributed by atoms with E-state index < -0.39 is 0 Å². The Hall–Kier alpha value is -2.21. The largest absolute Gasteiger partial charge is 0.341 e. The highest BCUT2D eigenvalue weighted by Crippen LogP contribution is 2.29. The fourth-order valence-corrected chi connectivity index (χ4v) is 3.48. The number of carbonyl (C=O) groups is 1. The van der Waals surface area contributed by atoms with Crippen LogP contribution < -0.4 is 0 Å². The summed E-state index contributed by atoms with van der Waals surface area (Å²) in [6, 6.07) is 7.91. The van der Waals surface area contributed by atoms with Crippen molar-refractivity contribution in [2.45, 2.75) is 31.7 Å². The molecule has 0 bridgehead atoms. The van der Waals surface area contributed by atoms with Gasteiger partial charge in [-0.25, -0.2) is 4.98 Å². The molecule has 2 aromatic rings. The minimum atomic E-state index is -0.229. The molecule has 1 fully saturated rings. The lowest BCUT2D eigenvalue weighted by atomic mass is 9.94. The van der Waals surface area contributed by atoms with Crippen LogP contribution in [0, 0.1) is 6.92 Å². The van der Waals surface area contributed by atoms with Crippen molar-refractivity contribution >= 4 is 5.91 Å². The van der Waals surface area contributed by atoms with Crippen LogP contribution in [0.4, 0.5) is 0 Å². The number of benzene rings is 1. The van der Waals surface area contributed by atoms with Gasteiger partial charge in [0.1, 0.15) is 18.2 Å². The molecule has 6 nitrogen and oxygen atoms in total. The normalized spacial score (nSPS) is 17.2. The van der Waals surface area contributed by atoms with E-state index >= 15 is 0 Å². The minimum absolute atomic E-state index is 0.185. The van der Waals surface area contributed by atoms with Gasteiger partial charge in [-0.1, -0.05) is 24.3 Å². The van der Waals surface area contributed by atoms with E-state index in [1.807, 2.05) is 36.0 Å². The van der Waals surface area contributed by atoms with Crippen LogP contribution in [-0.4, -0.2) is 58.1 Å². The third kappa shape index (κ3) is 3.33. The Balaban J connectivity index is 1.72. The first-order valence-corrected chi connectivity index (χ1v) is 8.44. The van der Waals surface area contributed by atoms with E-state index in [1.54, 1.807) is 6.33 Å². The topological polar surface area (TPSA) is 65.1 Å². The maximum absolute atomic E-state index is 13.1. The summed E-state index contributed by atoms with van der Waals surface area (Å²) in [5, 5.41) is 6.88. The van der Waals surface area contributed by atoms with Crippen LogP contribution in [0.5, 0.6) is 0 Å². The molecule has 0 spiro atoms. The van der Waals surface area contributed by atoms with Gasteiger partial charge < -0.3 is 4.90 Å². The van der Waals surface area contributed by atoms with Crippen LogP contribution in [0.2, 0.25) is 0 Å². The van der Waals surface area contributed by atoms with Crippen molar-refractivity contribution in [3.8, 4) is 0 Å². The number of nitrogens with one attached hydrogen (secondary N) is 1. The summed E-state index contributed by atoms with van der Waals surface area (Å²) in [4.78, 5) is 21.4. The Morgan fingerprint density at radius 3 is 2.58 bits per heavy atom. The highest BCUT2D eigenvalue weighted by atomic mass is 16.2. The van der Waals surface area contributed by atoms with Gasteiger partial charge in [-0.05, 0) is 45.0 Å². The molecule has 1 amide bonds. The van der Waals surface area contributed by atoms with Crippen LogP contribution in [0.1, 0.15) is 41.8 Å². The van der Waals surface area contributed by atoms with Gasteiger partial charge in [0.05, 0.1) is 0 Å². The van der Waals surface area contributed by atoms with E-state index in [-0.39, 0.29) is 11.9 Å². The standard InChI is InChI=1S/C18H25N5O/c1-13-6-4-5-7-15(13)16(22(2)3)18(24)23-10-8-14(9-11-23)17-19-12-20-21-17/h4-7,12,14,16H,8-11H2,1-3H3,(H,19,20,21)/t16-/m0/s1. The van der Waals surface area contributed by atoms with Crippen LogP contribution >= 0.6 is 0 Å². The number of likely N-dealkylation sites (N-methyl/N-ethyl adjacent to an activating group) is 1. The predicted molar refractivity (Wildman–Crippen MR) is 92.5 cm³/mol. The summed E-state index contributed by atoms with van der Waals surface area (Å²) in [5.41, 5.74) is 2.24. The van der Waals surface area contributed by atoms with Crippen molar-refractivity contribution in [2.75, 3.05) is 27.2 Å². The lowest BCUT2D eigenvalue weighted by Gasteiger charge is -2.36. The third-order valence-electron chi connectivity index (χ3n) is 4.86. The maximum atomic E-state index is 13.1. The van der Waals surface area contributed by atoms with Gasteiger partial charge >= 0.3 is 0 Å². The number of nitrogens with zero attached hydrogens (tertiary/aromatic N) is 4. The molecule has 0 unspecified atom stereocenters. The highest BCUT2D eigenvalue weighted by molar-refractivity contribution is 5.83. The molecule has 1 aliphatic rings. The fourth-order valence-electron chi connectivity index (χ4n) is 3.48. The highest BCUT2D eigenvalue weighted by Gasteiger charge is 2.32. The molecule has 1 N–H and O–H groups in total. The number of aryl methyl sites for hydroxylation is 1. The van der Waals surface area contributed by atoms with Gasteiger partial charge in [-0.3, -0.25) is 14.8 Å². The molecule has 24 heavy (non-hydrogen) atoms. The van der Waals surface area contributed by atoms with Crippen LogP contribution in [0.3, 0.4) is 0 Å². The molecule has 0 aliphatic carbocycles. The summed E-state index contributed by atoms with van der Waals surface area (Å²) >= 11 is 0. The molecule has 0 radical (unpaired) electrons. The quantitative estimate of drug-likeness (QED) is 0.934. The molecular formula is C18H25N5O. The number of rotatable bonds is 4. The van der Waals surface area contributed by atoms with Crippen LogP contribution in [-0.2, 0) is 4.79 Å². The summed E-state index contributed by atoms with van der Waals surface area (Å²) in [6.45, 7) is 3.59. The Morgan fingerprint density at radius 1 is 1.29 bits per heavy atom. The Labute approximate surface area is 142 Å². The van der Waals surface area contributed by atoms with Crippen molar-refractivity contribution in [1.29, 1.82) is 0 Å². The van der Waals surface area contributed by atoms with Crippen molar-refractivity contribution in [2.24, 2.45) is 0 Å². The number of hydrogen-bond donors (Lipinski definition) is 1. The van der Waals surface area contributed by atoms with Crippen molar-refractivity contribution in [3.63, 3.8) is 0 Å². The van der Waals surface area contributed by atoms with Gasteiger partial charge in [0.15, 0.2) is 0 Å². The molecule has 1 aromatic carbocycles. The summed E-state index contributed by atoms with van der Waals surface area (Å²) in [5.74, 6) is 1.49. The molecule has 6 heteroatoms. The Kier molecular flexibility index (Phi) is 4.94. The van der Waals surface area contributed by atoms with Crippen molar-refractivity contribution < 1.29 is 4.79 Å². The zero-order chi connectivity index (χ0) is 17.1. The van der Waals surface area contributed by atoms with Gasteiger partial charge in [0.2, 0.25) is 5.91 Å². The number of piperidine rings is 1. The van der Waals surface area contributed by atoms with E-state index in [0.29, 0.717) is 5.92 Å². The number of likely N-dealkylation sites (tertiary alicyclic amines) is 1. The number of aromatic amines is 1. The molecule has 128 valence electrons. The number of carbonyl (C=O) groups excluding carboxylic acids is 1. The second-order valence-corrected chi connectivity index (χ2v) is 6.69. The lowest BCUT2D eigenvalue weighted by Crippen LogP contribution is -2.44. The first kappa shape index (κ1) is 16.6. The molecule has 1 atom stereocenters. The second kappa shape index (κ2) is 7.13. The molecule has 1 aromatic heterocycles. The monoisotopic (exact) mass is 327 g/mol. The average molecular weight is 327 g/mol. The molecule has 3 rings (SSSR count). The van der Waals surface area contributed by atoms with E-state index in [0.717, 1.165) is 42.9 Å². The van der Waals surface area contributed by atoms with E-state index in [2.05, 4.69) is 34.2 Å². The average Bonchev–Trinajstić information content (AvgIpc) is 3.11. The van der Waals surface area contributed by atoms with Crippen molar-refractivity contribution in [1.82, 2.24) is 25.0 Å². The van der Waals surface area contributed by atoms with Gasteiger partial charge in [0.25, 0.3) is 0 Å². The molecule has 2 heterocycles. The van der Waals surface area contributed by atoms with Crippen LogP contribution in [0.15, 0.2) is 30.6 Å². The predicted octanol–water partition coefficient (Wildman–Crippen LogP) is 2.12. The third-order valence-corrected chi connectivity index (χ3v) is 4.86. The first-order valence-electron chi connectivity index (χ1n) is 8.44. The zero-order valence-corrected chi connectivity index (χ0v) is 14.6. The minimum Gasteiger partial charge on any atom is -0.341 e. The number of hydrogen-bond acceptors (Lipinski definition) is 4. The smallest absolute Gasteiger partial charge is 0.244 e. The maximum Gasteiger partial charge on any atom is 0.244 e. The van der Waals surface area contributed by atoms with E-state index in [4.69, 9.17) is 0 Å². The Morgan fingerprint density at radius 2 is 2.00 bits per heavy atom. The van der Waals surface area contributed by atoms with Gasteiger partial charge in [-0.2, -0.15) is 5.10 Å². The summed E-state index contributed by atoms with van der Waals surface area (Å²) < 4.78 is 0. The molecule has 1 saturated heterocycles. The number of amides is 1. The fraction of sp³-hybridized carbons (Fsp3) is 0.500. The number of H-pyrrole nitrogens is 1. The second-order valence-electron chi connectivity index (χ2n) is 6.69. The summed E-state index contributed by atoms with van der Waals surface area (Å²) in [6.07, 6.45) is 3.40. The Bertz CT molecular complexity index is 674. The van der Waals surface area contributed by atoms with Crippen LogP contribution in [0.25, 0.3) is 0 Å². The number of aromatic nitrogens is 3. The first-order chi connectivity index (χ1) is 11.6. The zero-order valence-electron chi connectivity index (χ0n) is 14.6. The van der Waals surface area contributed by atoms with Crippen molar-refractivity contribution in [3.05, 3.63) is 47.5 Å². The van der Waals surface area contributed by atoms with Gasteiger partial charge in [-0.15, -0.1) is 0 Å². The molecule has 0 saturated carbocycles. The lowest BCUT2D eigenvalue weighted by molar-refractivity contribution is -0.137. The molecule has 1 aliphatic heterocycles. The SMILES string of the molecule is Cc1ccccc1[C@@H](C(=O)N1CCC(c2ncn[nH]2)CC1)N(C)C.